The predicted molar refractivity (Wildman–Crippen MR) is 83.3 cm³/mol. The summed E-state index contributed by atoms with van der Waals surface area (Å²) in [5.41, 5.74) is 0.333. The number of amidine groups is 1. The summed E-state index contributed by atoms with van der Waals surface area (Å²) in [6.45, 7) is 3.62. The van der Waals surface area contributed by atoms with Crippen LogP contribution in [0, 0.1) is 11.3 Å². The minimum absolute atomic E-state index is 0.180. The van der Waals surface area contributed by atoms with Crippen molar-refractivity contribution in [2.45, 2.75) is 25.7 Å². The third kappa shape index (κ3) is 3.39. The molecule has 0 amide bonds. The van der Waals surface area contributed by atoms with Gasteiger partial charge in [-0.3, -0.25) is 15.2 Å². The SMILES string of the molecule is C/C=C(/C=NC(C)=N)OCC1(c2cccnc2)CC1C(=O)O. The fraction of sp³-hybridized carbons (Fsp3) is 0.375. The zero-order chi connectivity index (χ0) is 16.2. The molecule has 6 heteroatoms. The Morgan fingerprint density at radius 2 is 2.45 bits per heavy atom. The second kappa shape index (κ2) is 6.51. The van der Waals surface area contributed by atoms with Crippen molar-refractivity contribution in [1.29, 1.82) is 5.41 Å². The predicted octanol–water partition coefficient (Wildman–Crippen LogP) is 2.41. The molecule has 0 radical (unpaired) electrons. The summed E-state index contributed by atoms with van der Waals surface area (Å²) < 4.78 is 5.73. The Morgan fingerprint density at radius 1 is 1.68 bits per heavy atom. The van der Waals surface area contributed by atoms with E-state index >= 15 is 0 Å². The molecule has 1 aromatic rings. The quantitative estimate of drug-likeness (QED) is 0.479. The van der Waals surface area contributed by atoms with Gasteiger partial charge < -0.3 is 9.84 Å². The molecule has 1 saturated carbocycles. The third-order valence-corrected chi connectivity index (χ3v) is 3.78. The highest BCUT2D eigenvalue weighted by Crippen LogP contribution is 2.54. The Balaban J connectivity index is 2.13. The van der Waals surface area contributed by atoms with Crippen molar-refractivity contribution in [2.24, 2.45) is 10.9 Å². The van der Waals surface area contributed by atoms with Crippen LogP contribution in [0.4, 0.5) is 0 Å². The number of nitrogens with zero attached hydrogens (tertiary/aromatic N) is 2. The standard InChI is InChI=1S/C16H19N3O3/c1-3-13(9-19-11(2)17)22-10-16(7-14(16)15(20)21)12-5-4-6-18-8-12/h3-6,8-9,14,17H,7,10H2,1-2H3,(H,20,21)/b13-3-,17-11?,19-9?. The van der Waals surface area contributed by atoms with Crippen molar-refractivity contribution in [3.8, 4) is 0 Å². The first-order valence-electron chi connectivity index (χ1n) is 7.01. The molecule has 2 unspecified atom stereocenters. The van der Waals surface area contributed by atoms with Gasteiger partial charge in [0.15, 0.2) is 0 Å². The molecule has 1 heterocycles. The van der Waals surface area contributed by atoms with E-state index in [0.29, 0.717) is 12.2 Å². The Bertz CT molecular complexity index is 625. The van der Waals surface area contributed by atoms with Gasteiger partial charge in [-0.15, -0.1) is 0 Å². The van der Waals surface area contributed by atoms with Crippen molar-refractivity contribution < 1.29 is 14.6 Å². The molecule has 2 rings (SSSR count). The topological polar surface area (TPSA) is 95.6 Å². The number of nitrogens with one attached hydrogen (secondary N) is 1. The van der Waals surface area contributed by atoms with Crippen LogP contribution >= 0.6 is 0 Å². The molecule has 1 aliphatic rings. The number of carbonyl (C=O) groups is 1. The molecule has 116 valence electrons. The summed E-state index contributed by atoms with van der Waals surface area (Å²) in [5, 5.41) is 16.6. The van der Waals surface area contributed by atoms with Gasteiger partial charge in [-0.1, -0.05) is 6.07 Å². The molecule has 0 aromatic carbocycles. The molecule has 22 heavy (non-hydrogen) atoms. The highest BCUT2D eigenvalue weighted by Gasteiger charge is 2.60. The molecule has 0 spiro atoms. The largest absolute Gasteiger partial charge is 0.491 e. The maximum absolute atomic E-state index is 11.3. The molecule has 1 fully saturated rings. The maximum atomic E-state index is 11.3. The van der Waals surface area contributed by atoms with Gasteiger partial charge in [0.1, 0.15) is 11.6 Å². The summed E-state index contributed by atoms with van der Waals surface area (Å²) >= 11 is 0. The van der Waals surface area contributed by atoms with E-state index in [1.807, 2.05) is 6.07 Å². The van der Waals surface area contributed by atoms with Crippen LogP contribution in [0.25, 0.3) is 0 Å². The Hall–Kier alpha value is -2.50. The van der Waals surface area contributed by atoms with E-state index in [1.165, 1.54) is 6.21 Å². The van der Waals surface area contributed by atoms with E-state index in [1.54, 1.807) is 38.4 Å². The maximum Gasteiger partial charge on any atom is 0.307 e. The van der Waals surface area contributed by atoms with Gasteiger partial charge in [-0.25, -0.2) is 4.99 Å². The van der Waals surface area contributed by atoms with Crippen LogP contribution in [0.1, 0.15) is 25.8 Å². The van der Waals surface area contributed by atoms with E-state index in [9.17, 15) is 9.90 Å². The lowest BCUT2D eigenvalue weighted by molar-refractivity contribution is -0.139. The Morgan fingerprint density at radius 3 is 2.95 bits per heavy atom. The number of rotatable bonds is 6. The Kier molecular flexibility index (Phi) is 4.70. The van der Waals surface area contributed by atoms with Gasteiger partial charge in [-0.2, -0.15) is 0 Å². The normalized spacial score (nSPS) is 24.3. The molecular weight excluding hydrogens is 282 g/mol. The number of aliphatic carboxylic acids is 1. The molecule has 0 aliphatic heterocycles. The van der Waals surface area contributed by atoms with E-state index in [0.717, 1.165) is 5.56 Å². The number of allylic oxidation sites excluding steroid dienone is 2. The minimum atomic E-state index is -0.821. The average molecular weight is 301 g/mol. The number of ether oxygens (including phenoxy) is 1. The second-order valence-corrected chi connectivity index (χ2v) is 5.32. The Labute approximate surface area is 129 Å². The van der Waals surface area contributed by atoms with Crippen LogP contribution in [0.15, 0.2) is 41.4 Å². The first-order valence-corrected chi connectivity index (χ1v) is 7.01. The first kappa shape index (κ1) is 15.9. The van der Waals surface area contributed by atoms with Gasteiger partial charge in [-0.05, 0) is 38.0 Å². The van der Waals surface area contributed by atoms with Crippen LogP contribution in [0.3, 0.4) is 0 Å². The molecule has 6 nitrogen and oxygen atoms in total. The summed E-state index contributed by atoms with van der Waals surface area (Å²) in [4.78, 5) is 19.3. The highest BCUT2D eigenvalue weighted by atomic mass is 16.5. The molecule has 1 aliphatic carbocycles. The number of pyridine rings is 1. The fourth-order valence-electron chi connectivity index (χ4n) is 2.42. The number of hydrogen-bond donors (Lipinski definition) is 2. The number of carboxylic acids is 1. The van der Waals surface area contributed by atoms with Crippen molar-refractivity contribution in [3.63, 3.8) is 0 Å². The van der Waals surface area contributed by atoms with Crippen molar-refractivity contribution >= 4 is 18.0 Å². The molecule has 1 aromatic heterocycles. The number of hydrogen-bond acceptors (Lipinski definition) is 4. The van der Waals surface area contributed by atoms with Crippen molar-refractivity contribution in [3.05, 3.63) is 41.9 Å². The lowest BCUT2D eigenvalue weighted by Crippen LogP contribution is -2.22. The summed E-state index contributed by atoms with van der Waals surface area (Å²) in [5.74, 6) is -0.583. The van der Waals surface area contributed by atoms with E-state index in [-0.39, 0.29) is 12.4 Å². The lowest BCUT2D eigenvalue weighted by atomic mass is 9.95. The van der Waals surface area contributed by atoms with Gasteiger partial charge in [0.25, 0.3) is 0 Å². The van der Waals surface area contributed by atoms with Gasteiger partial charge in [0.2, 0.25) is 0 Å². The highest BCUT2D eigenvalue weighted by molar-refractivity contribution is 5.90. The van der Waals surface area contributed by atoms with Crippen LogP contribution in [-0.4, -0.2) is 34.7 Å². The van der Waals surface area contributed by atoms with Crippen LogP contribution < -0.4 is 0 Å². The summed E-state index contributed by atoms with van der Waals surface area (Å²) in [6.07, 6.45) is 7.09. The lowest BCUT2D eigenvalue weighted by Gasteiger charge is -2.17. The van der Waals surface area contributed by atoms with Crippen LogP contribution in [0.5, 0.6) is 0 Å². The number of aliphatic imine (C=N–C) groups is 1. The van der Waals surface area contributed by atoms with E-state index in [2.05, 4.69) is 9.98 Å². The van der Waals surface area contributed by atoms with Gasteiger partial charge in [0, 0.05) is 17.8 Å². The van der Waals surface area contributed by atoms with Gasteiger partial charge in [0.05, 0.1) is 18.7 Å². The number of carboxylic acid groups (broad SMARTS) is 1. The zero-order valence-electron chi connectivity index (χ0n) is 12.6. The summed E-state index contributed by atoms with van der Waals surface area (Å²) in [6, 6.07) is 3.68. The van der Waals surface area contributed by atoms with E-state index in [4.69, 9.17) is 10.1 Å². The molecular formula is C16H19N3O3. The van der Waals surface area contributed by atoms with E-state index < -0.39 is 17.3 Å². The average Bonchev–Trinajstić information content (AvgIpc) is 3.24. The molecule has 0 bridgehead atoms. The molecule has 2 N–H and O–H groups in total. The van der Waals surface area contributed by atoms with Crippen LogP contribution in [0.2, 0.25) is 0 Å². The van der Waals surface area contributed by atoms with Crippen molar-refractivity contribution in [1.82, 2.24) is 4.98 Å². The van der Waals surface area contributed by atoms with Gasteiger partial charge >= 0.3 is 5.97 Å². The molecule has 2 atom stereocenters. The second-order valence-electron chi connectivity index (χ2n) is 5.32. The van der Waals surface area contributed by atoms with Crippen LogP contribution in [-0.2, 0) is 14.9 Å². The fourth-order valence-corrected chi connectivity index (χ4v) is 2.42. The smallest absolute Gasteiger partial charge is 0.307 e. The van der Waals surface area contributed by atoms with Crippen molar-refractivity contribution in [2.75, 3.05) is 6.61 Å². The zero-order valence-corrected chi connectivity index (χ0v) is 12.6. The first-order chi connectivity index (χ1) is 10.5. The molecule has 0 saturated heterocycles. The monoisotopic (exact) mass is 301 g/mol. The number of aromatic nitrogens is 1. The summed E-state index contributed by atoms with van der Waals surface area (Å²) in [7, 11) is 0. The minimum Gasteiger partial charge on any atom is -0.491 e. The third-order valence-electron chi connectivity index (χ3n) is 3.78.